The van der Waals surface area contributed by atoms with Gasteiger partial charge in [-0.2, -0.15) is 0 Å². The molecule has 0 aromatic heterocycles. The second-order valence-corrected chi connectivity index (χ2v) is 6.75. The molecule has 1 amide bonds. The molecular weight excluding hydrogens is 342 g/mol. The van der Waals surface area contributed by atoms with Crippen LogP contribution in [0.5, 0.6) is 11.5 Å². The van der Waals surface area contributed by atoms with Gasteiger partial charge in [-0.05, 0) is 53.3 Å². The van der Waals surface area contributed by atoms with Gasteiger partial charge in [-0.1, -0.05) is 17.7 Å². The molecule has 6 heteroatoms. The summed E-state index contributed by atoms with van der Waals surface area (Å²) in [4.78, 5) is 14.0. The molecule has 1 heterocycles. The molecular formula is C19H18ClNO4. The lowest BCUT2D eigenvalue weighted by Gasteiger charge is -2.41. The first-order chi connectivity index (χ1) is 12.0. The number of rotatable bonds is 1. The molecule has 1 unspecified atom stereocenters. The summed E-state index contributed by atoms with van der Waals surface area (Å²) in [6.45, 7) is 0.563. The van der Waals surface area contributed by atoms with Gasteiger partial charge in [0.25, 0.3) is 0 Å². The SMILES string of the molecule is COC(=O)N1CCc2cc(OC)c(O)c3c2C1Cc1cc(Cl)ccc1-3. The molecule has 4 rings (SSSR count). The zero-order chi connectivity index (χ0) is 17.7. The molecule has 0 radical (unpaired) electrons. The number of ether oxygens (including phenoxy) is 2. The molecule has 5 nitrogen and oxygen atoms in total. The van der Waals surface area contributed by atoms with E-state index in [1.807, 2.05) is 24.3 Å². The van der Waals surface area contributed by atoms with Crippen molar-refractivity contribution in [1.82, 2.24) is 4.90 Å². The van der Waals surface area contributed by atoms with Crippen molar-refractivity contribution in [2.24, 2.45) is 0 Å². The molecule has 0 saturated carbocycles. The number of hydrogen-bond acceptors (Lipinski definition) is 4. The van der Waals surface area contributed by atoms with E-state index in [0.29, 0.717) is 30.2 Å². The number of halogens is 1. The minimum Gasteiger partial charge on any atom is -0.504 e. The minimum atomic E-state index is -0.359. The van der Waals surface area contributed by atoms with E-state index in [1.165, 1.54) is 7.11 Å². The van der Waals surface area contributed by atoms with E-state index < -0.39 is 0 Å². The van der Waals surface area contributed by atoms with Crippen LogP contribution in [0.3, 0.4) is 0 Å². The van der Waals surface area contributed by atoms with Crippen LogP contribution in [-0.4, -0.2) is 36.9 Å². The van der Waals surface area contributed by atoms with Crippen LogP contribution in [0.25, 0.3) is 11.1 Å². The number of amides is 1. The first-order valence-corrected chi connectivity index (χ1v) is 8.49. The molecule has 0 fully saturated rings. The number of carbonyl (C=O) groups excluding carboxylic acids is 1. The summed E-state index contributed by atoms with van der Waals surface area (Å²) < 4.78 is 10.3. The predicted octanol–water partition coefficient (Wildman–Crippen LogP) is 3.94. The maximum atomic E-state index is 12.3. The summed E-state index contributed by atoms with van der Waals surface area (Å²) in [5, 5.41) is 11.4. The lowest BCUT2D eigenvalue weighted by molar-refractivity contribution is 0.100. The van der Waals surface area contributed by atoms with Crippen molar-refractivity contribution in [2.75, 3.05) is 20.8 Å². The fourth-order valence-corrected chi connectivity index (χ4v) is 4.21. The minimum absolute atomic E-state index is 0.0984. The van der Waals surface area contributed by atoms with Crippen molar-refractivity contribution in [3.63, 3.8) is 0 Å². The van der Waals surface area contributed by atoms with Gasteiger partial charge >= 0.3 is 6.09 Å². The third-order valence-electron chi connectivity index (χ3n) is 5.10. The normalized spacial score (nSPS) is 17.6. The maximum Gasteiger partial charge on any atom is 0.410 e. The van der Waals surface area contributed by atoms with Crippen LogP contribution < -0.4 is 4.74 Å². The van der Waals surface area contributed by atoms with Crippen LogP contribution in [0.1, 0.15) is 22.7 Å². The number of methoxy groups -OCH3 is 2. The molecule has 1 N–H and O–H groups in total. The summed E-state index contributed by atoms with van der Waals surface area (Å²) >= 11 is 6.17. The van der Waals surface area contributed by atoms with Crippen molar-refractivity contribution < 1.29 is 19.4 Å². The van der Waals surface area contributed by atoms with Crippen molar-refractivity contribution in [3.05, 3.63) is 46.0 Å². The average molecular weight is 360 g/mol. The molecule has 130 valence electrons. The van der Waals surface area contributed by atoms with E-state index in [-0.39, 0.29) is 17.9 Å². The molecule has 1 aliphatic carbocycles. The van der Waals surface area contributed by atoms with Gasteiger partial charge in [0.15, 0.2) is 11.5 Å². The Kier molecular flexibility index (Phi) is 3.76. The fourth-order valence-electron chi connectivity index (χ4n) is 4.02. The van der Waals surface area contributed by atoms with Crippen LogP contribution in [0.15, 0.2) is 24.3 Å². The third kappa shape index (κ3) is 2.34. The van der Waals surface area contributed by atoms with E-state index in [4.69, 9.17) is 21.1 Å². The Labute approximate surface area is 150 Å². The summed E-state index contributed by atoms with van der Waals surface area (Å²) in [6, 6.07) is 7.31. The zero-order valence-corrected chi connectivity index (χ0v) is 14.8. The standard InChI is InChI=1S/C19H18ClNO4/c1-24-15-9-10-5-6-21(19(23)25-2)14-8-11-7-12(20)3-4-13(11)17(16(10)14)18(15)22/h3-4,7,9,14,22H,5-6,8H2,1-2H3. The van der Waals surface area contributed by atoms with Crippen molar-refractivity contribution in [1.29, 1.82) is 0 Å². The second kappa shape index (κ2) is 5.85. The monoisotopic (exact) mass is 359 g/mol. The topological polar surface area (TPSA) is 59.0 Å². The highest BCUT2D eigenvalue weighted by Gasteiger charge is 2.39. The lowest BCUT2D eigenvalue weighted by Crippen LogP contribution is -2.42. The highest BCUT2D eigenvalue weighted by molar-refractivity contribution is 6.30. The van der Waals surface area contributed by atoms with Crippen molar-refractivity contribution in [3.8, 4) is 22.6 Å². The highest BCUT2D eigenvalue weighted by Crippen LogP contribution is 2.52. The number of nitrogens with zero attached hydrogens (tertiary/aromatic N) is 1. The van der Waals surface area contributed by atoms with Crippen molar-refractivity contribution >= 4 is 17.7 Å². The molecule has 2 aromatic carbocycles. The van der Waals surface area contributed by atoms with Crippen LogP contribution in [-0.2, 0) is 17.6 Å². The van der Waals surface area contributed by atoms with Gasteiger partial charge in [0, 0.05) is 17.1 Å². The Morgan fingerprint density at radius 3 is 2.80 bits per heavy atom. The second-order valence-electron chi connectivity index (χ2n) is 6.31. The number of carbonyl (C=O) groups is 1. The van der Waals surface area contributed by atoms with Gasteiger partial charge in [0.1, 0.15) is 0 Å². The van der Waals surface area contributed by atoms with Crippen LogP contribution >= 0.6 is 11.6 Å². The Bertz CT molecular complexity index is 880. The van der Waals surface area contributed by atoms with E-state index in [0.717, 1.165) is 27.8 Å². The van der Waals surface area contributed by atoms with Gasteiger partial charge in [-0.25, -0.2) is 4.79 Å². The lowest BCUT2D eigenvalue weighted by atomic mass is 9.76. The number of phenols is 1. The van der Waals surface area contributed by atoms with E-state index >= 15 is 0 Å². The van der Waals surface area contributed by atoms with Crippen molar-refractivity contribution in [2.45, 2.75) is 18.9 Å². The summed E-state index contributed by atoms with van der Waals surface area (Å²) in [5.74, 6) is 0.544. The number of fused-ring (bicyclic) bond motifs is 2. The summed E-state index contributed by atoms with van der Waals surface area (Å²) in [6.07, 6.45) is 0.965. The quantitative estimate of drug-likeness (QED) is 0.837. The first-order valence-electron chi connectivity index (χ1n) is 8.11. The Morgan fingerprint density at radius 2 is 2.08 bits per heavy atom. The number of phenolic OH excluding ortho intramolecular Hbond substituents is 1. The van der Waals surface area contributed by atoms with E-state index in [2.05, 4.69) is 0 Å². The predicted molar refractivity (Wildman–Crippen MR) is 94.4 cm³/mol. The molecule has 2 aromatic rings. The first kappa shape index (κ1) is 16.1. The number of benzene rings is 2. The molecule has 1 atom stereocenters. The Hall–Kier alpha value is -2.40. The van der Waals surface area contributed by atoms with Gasteiger partial charge in [0.2, 0.25) is 0 Å². The van der Waals surface area contributed by atoms with E-state index in [1.54, 1.807) is 12.0 Å². The smallest absolute Gasteiger partial charge is 0.410 e. The highest BCUT2D eigenvalue weighted by atomic mass is 35.5. The van der Waals surface area contributed by atoms with Crippen LogP contribution in [0, 0.1) is 0 Å². The van der Waals surface area contributed by atoms with Gasteiger partial charge < -0.3 is 19.5 Å². The Morgan fingerprint density at radius 1 is 1.28 bits per heavy atom. The molecule has 1 aliphatic heterocycles. The average Bonchev–Trinajstić information content (AvgIpc) is 2.62. The van der Waals surface area contributed by atoms with Crippen LogP contribution in [0.2, 0.25) is 5.02 Å². The summed E-state index contributed by atoms with van der Waals surface area (Å²) in [7, 11) is 2.93. The van der Waals surface area contributed by atoms with Gasteiger partial charge in [-0.3, -0.25) is 0 Å². The molecule has 25 heavy (non-hydrogen) atoms. The molecule has 0 bridgehead atoms. The van der Waals surface area contributed by atoms with Crippen LogP contribution in [0.4, 0.5) is 4.79 Å². The maximum absolute atomic E-state index is 12.3. The fraction of sp³-hybridized carbons (Fsp3) is 0.316. The number of hydrogen-bond donors (Lipinski definition) is 1. The molecule has 0 spiro atoms. The van der Waals surface area contributed by atoms with Gasteiger partial charge in [-0.15, -0.1) is 0 Å². The van der Waals surface area contributed by atoms with E-state index in [9.17, 15) is 9.90 Å². The largest absolute Gasteiger partial charge is 0.504 e. The summed E-state index contributed by atoms with van der Waals surface area (Å²) in [5.41, 5.74) is 4.72. The zero-order valence-electron chi connectivity index (χ0n) is 14.0. The third-order valence-corrected chi connectivity index (χ3v) is 5.34. The number of aromatic hydroxyl groups is 1. The Balaban J connectivity index is 2.00. The molecule has 2 aliphatic rings. The van der Waals surface area contributed by atoms with Gasteiger partial charge in [0.05, 0.1) is 20.3 Å². The molecule has 0 saturated heterocycles.